The van der Waals surface area contributed by atoms with Crippen LogP contribution in [0.4, 0.5) is 0 Å². The lowest BCUT2D eigenvalue weighted by Gasteiger charge is -2.01. The number of hydrogen-bond acceptors (Lipinski definition) is 3. The molecule has 1 heterocycles. The molecule has 0 unspecified atom stereocenters. The molecule has 0 spiro atoms. The van der Waals surface area contributed by atoms with Gasteiger partial charge in [0.2, 0.25) is 0 Å². The number of carbonyl (C=O) groups is 1. The van der Waals surface area contributed by atoms with Gasteiger partial charge in [-0.15, -0.1) is 0 Å². The van der Waals surface area contributed by atoms with Gasteiger partial charge in [-0.2, -0.15) is 0 Å². The lowest BCUT2D eigenvalue weighted by atomic mass is 10.2. The zero-order valence-electron chi connectivity index (χ0n) is 12.4. The Morgan fingerprint density at radius 2 is 1.84 bits per heavy atom. The fourth-order valence-corrected chi connectivity index (χ4v) is 1.49. The Bertz CT molecular complexity index is 504. The van der Waals surface area contributed by atoms with Gasteiger partial charge >= 0.3 is 0 Å². The van der Waals surface area contributed by atoms with Crippen molar-refractivity contribution in [3.05, 3.63) is 30.0 Å². The summed E-state index contributed by atoms with van der Waals surface area (Å²) in [6.07, 6.45) is 0. The van der Waals surface area contributed by atoms with Crippen LogP contribution in [0.5, 0.6) is 5.75 Å². The number of fused-ring (bicyclic) bond motifs is 1. The average molecular weight is 264 g/mol. The summed E-state index contributed by atoms with van der Waals surface area (Å²) in [5.74, 6) is 0.728. The van der Waals surface area contributed by atoms with E-state index in [9.17, 15) is 4.79 Å². The number of hydrogen-bond donors (Lipinski definition) is 2. The highest BCUT2D eigenvalue weighted by atomic mass is 16.5. The molecule has 4 heteroatoms. The van der Waals surface area contributed by atoms with Crippen molar-refractivity contribution in [1.82, 2.24) is 4.98 Å². The molecule has 2 rings (SSSR count). The van der Waals surface area contributed by atoms with E-state index in [1.165, 1.54) is 6.92 Å². The summed E-state index contributed by atoms with van der Waals surface area (Å²) in [5, 5.41) is 0.950. The first-order valence-corrected chi connectivity index (χ1v) is 6.67. The summed E-state index contributed by atoms with van der Waals surface area (Å²) in [6, 6.07) is 7.34. The van der Waals surface area contributed by atoms with Gasteiger partial charge in [0.05, 0.1) is 5.69 Å². The number of carbonyl (C=O) groups excluding carboxylic acids is 1. The molecule has 0 aliphatic rings. The van der Waals surface area contributed by atoms with Crippen molar-refractivity contribution in [2.24, 2.45) is 5.73 Å². The van der Waals surface area contributed by atoms with E-state index in [1.54, 1.807) is 6.07 Å². The summed E-state index contributed by atoms with van der Waals surface area (Å²) >= 11 is 0. The average Bonchev–Trinajstić information content (AvgIpc) is 2.87. The van der Waals surface area contributed by atoms with E-state index in [4.69, 9.17) is 10.5 Å². The number of aromatic amines is 1. The van der Waals surface area contributed by atoms with Crippen molar-refractivity contribution in [3.63, 3.8) is 0 Å². The molecule has 0 amide bonds. The number of H-pyrrole nitrogens is 1. The highest BCUT2D eigenvalue weighted by Gasteiger charge is 2.05. The van der Waals surface area contributed by atoms with Gasteiger partial charge in [-0.1, -0.05) is 27.7 Å². The second-order valence-electron chi connectivity index (χ2n) is 3.30. The highest BCUT2D eigenvalue weighted by Crippen LogP contribution is 2.21. The molecule has 0 radical (unpaired) electrons. The molecule has 0 saturated heterocycles. The van der Waals surface area contributed by atoms with Gasteiger partial charge < -0.3 is 9.72 Å². The molecular weight excluding hydrogens is 240 g/mol. The minimum atomic E-state index is 0.0208. The predicted molar refractivity (Wildman–Crippen MR) is 80.7 cm³/mol. The van der Waals surface area contributed by atoms with Gasteiger partial charge in [-0.05, 0) is 24.3 Å². The van der Waals surface area contributed by atoms with Gasteiger partial charge in [0, 0.05) is 17.8 Å². The number of aromatic nitrogens is 1. The monoisotopic (exact) mass is 264 g/mol. The molecule has 0 aliphatic carbocycles. The first-order chi connectivity index (χ1) is 9.20. The number of ether oxygens (including phenoxy) is 1. The van der Waals surface area contributed by atoms with E-state index >= 15 is 0 Å². The molecule has 0 atom stereocenters. The standard InChI is InChI=1S/C11H12N2O2.2C2H6/c1-7(14)11-5-8-4-9(15-6-12)2-3-10(8)13-11;2*1-2/h2-5,13H,6,12H2,1H3;2*1-2H3. The van der Waals surface area contributed by atoms with Gasteiger partial charge in [0.15, 0.2) is 5.78 Å². The first kappa shape index (κ1) is 17.2. The molecule has 0 aliphatic heterocycles. The lowest BCUT2D eigenvalue weighted by Crippen LogP contribution is -2.06. The minimum absolute atomic E-state index is 0.0208. The third-order valence-corrected chi connectivity index (χ3v) is 2.22. The smallest absolute Gasteiger partial charge is 0.175 e. The minimum Gasteiger partial charge on any atom is -0.479 e. The Morgan fingerprint density at radius 3 is 2.37 bits per heavy atom. The third-order valence-electron chi connectivity index (χ3n) is 2.22. The number of ketones is 1. The van der Waals surface area contributed by atoms with E-state index < -0.39 is 0 Å². The topological polar surface area (TPSA) is 68.1 Å². The van der Waals surface area contributed by atoms with Crippen LogP contribution in [0, 0.1) is 0 Å². The zero-order valence-corrected chi connectivity index (χ0v) is 12.4. The van der Waals surface area contributed by atoms with Crippen LogP contribution in [0.2, 0.25) is 0 Å². The van der Waals surface area contributed by atoms with Crippen LogP contribution in [0.3, 0.4) is 0 Å². The molecule has 0 fully saturated rings. The number of rotatable bonds is 3. The quantitative estimate of drug-likeness (QED) is 0.655. The number of nitrogens with two attached hydrogens (primary N) is 1. The number of Topliss-reactive ketones (excluding diaryl/α,β-unsaturated/α-hetero) is 1. The summed E-state index contributed by atoms with van der Waals surface area (Å²) < 4.78 is 5.16. The van der Waals surface area contributed by atoms with E-state index in [2.05, 4.69) is 4.98 Å². The highest BCUT2D eigenvalue weighted by molar-refractivity contribution is 5.98. The van der Waals surface area contributed by atoms with Crippen LogP contribution in [0.25, 0.3) is 10.9 Å². The largest absolute Gasteiger partial charge is 0.479 e. The van der Waals surface area contributed by atoms with Crippen molar-refractivity contribution in [1.29, 1.82) is 0 Å². The lowest BCUT2D eigenvalue weighted by molar-refractivity contribution is 0.101. The zero-order chi connectivity index (χ0) is 14.8. The van der Waals surface area contributed by atoms with Gasteiger partial charge in [0.1, 0.15) is 12.5 Å². The van der Waals surface area contributed by atoms with Crippen LogP contribution in [-0.4, -0.2) is 17.5 Å². The van der Waals surface area contributed by atoms with Crippen molar-refractivity contribution in [2.75, 3.05) is 6.73 Å². The van der Waals surface area contributed by atoms with Crippen LogP contribution < -0.4 is 10.5 Å². The molecule has 1 aromatic carbocycles. The molecule has 1 aromatic heterocycles. The van der Waals surface area contributed by atoms with Crippen LogP contribution >= 0.6 is 0 Å². The fourth-order valence-electron chi connectivity index (χ4n) is 1.49. The summed E-state index contributed by atoms with van der Waals surface area (Å²) in [7, 11) is 0. The van der Waals surface area contributed by atoms with E-state index in [-0.39, 0.29) is 12.5 Å². The maximum Gasteiger partial charge on any atom is 0.175 e. The Labute approximate surface area is 115 Å². The van der Waals surface area contributed by atoms with E-state index in [0.717, 1.165) is 10.9 Å². The van der Waals surface area contributed by atoms with Crippen molar-refractivity contribution in [3.8, 4) is 5.75 Å². The van der Waals surface area contributed by atoms with Gasteiger partial charge in [0.25, 0.3) is 0 Å². The molecule has 4 nitrogen and oxygen atoms in total. The first-order valence-electron chi connectivity index (χ1n) is 6.67. The van der Waals surface area contributed by atoms with Crippen molar-refractivity contribution in [2.45, 2.75) is 34.6 Å². The van der Waals surface area contributed by atoms with Crippen molar-refractivity contribution < 1.29 is 9.53 Å². The van der Waals surface area contributed by atoms with Crippen LogP contribution in [-0.2, 0) is 0 Å². The van der Waals surface area contributed by atoms with Gasteiger partial charge in [-0.3, -0.25) is 10.5 Å². The van der Waals surface area contributed by atoms with Gasteiger partial charge in [-0.25, -0.2) is 0 Å². The summed E-state index contributed by atoms with van der Waals surface area (Å²) in [5.41, 5.74) is 6.80. The Hall–Kier alpha value is -1.81. The van der Waals surface area contributed by atoms with Crippen LogP contribution in [0.15, 0.2) is 24.3 Å². The summed E-state index contributed by atoms with van der Waals surface area (Å²) in [6.45, 7) is 9.68. The number of nitrogens with one attached hydrogen (secondary N) is 1. The Balaban J connectivity index is 0.000000741. The van der Waals surface area contributed by atoms with Crippen LogP contribution in [0.1, 0.15) is 45.1 Å². The maximum atomic E-state index is 11.1. The van der Waals surface area contributed by atoms with E-state index in [1.807, 2.05) is 45.9 Å². The molecule has 0 bridgehead atoms. The second-order valence-corrected chi connectivity index (χ2v) is 3.30. The fraction of sp³-hybridized carbons (Fsp3) is 0.400. The molecule has 3 N–H and O–H groups in total. The normalized spacial score (nSPS) is 8.95. The molecular formula is C15H24N2O2. The molecule has 106 valence electrons. The third kappa shape index (κ3) is 4.75. The maximum absolute atomic E-state index is 11.1. The molecule has 0 saturated carbocycles. The Kier molecular flexibility index (Phi) is 8.29. The number of benzene rings is 1. The van der Waals surface area contributed by atoms with Crippen molar-refractivity contribution >= 4 is 16.7 Å². The Morgan fingerprint density at radius 1 is 1.21 bits per heavy atom. The predicted octanol–water partition coefficient (Wildman–Crippen LogP) is 3.72. The summed E-state index contributed by atoms with van der Waals surface area (Å²) in [4.78, 5) is 14.2. The molecule has 2 aromatic rings. The molecule has 19 heavy (non-hydrogen) atoms. The SMILES string of the molecule is CC.CC.CC(=O)c1cc2cc(OCN)ccc2[nH]1. The second kappa shape index (κ2) is 9.16. The van der Waals surface area contributed by atoms with E-state index in [0.29, 0.717) is 11.4 Å².